The van der Waals surface area contributed by atoms with Crippen LogP contribution >= 0.6 is 22.7 Å². The highest BCUT2D eigenvalue weighted by atomic mass is 32.2. The van der Waals surface area contributed by atoms with Gasteiger partial charge in [0.2, 0.25) is 10.0 Å². The molecule has 12 heteroatoms. The lowest BCUT2D eigenvalue weighted by molar-refractivity contribution is -0.384. The highest BCUT2D eigenvalue weighted by molar-refractivity contribution is 7.89. The van der Waals surface area contributed by atoms with E-state index >= 15 is 0 Å². The van der Waals surface area contributed by atoms with Gasteiger partial charge in [-0.15, -0.1) is 22.7 Å². The molecular weight excluding hydrogens is 460 g/mol. The molecule has 0 radical (unpaired) electrons. The van der Waals surface area contributed by atoms with Crippen molar-refractivity contribution in [2.24, 2.45) is 0 Å². The maximum Gasteiger partial charge on any atom is 0.280 e. The second kappa shape index (κ2) is 8.83. The Labute approximate surface area is 186 Å². The molecule has 4 rings (SSSR count). The Morgan fingerprint density at radius 3 is 2.45 bits per heavy atom. The zero-order valence-corrected chi connectivity index (χ0v) is 18.6. The summed E-state index contributed by atoms with van der Waals surface area (Å²) in [6, 6.07) is 7.27. The van der Waals surface area contributed by atoms with Gasteiger partial charge in [-0.3, -0.25) is 20.2 Å². The predicted molar refractivity (Wildman–Crippen MR) is 119 cm³/mol. The number of anilines is 1. The van der Waals surface area contributed by atoms with Gasteiger partial charge in [0.15, 0.2) is 5.13 Å². The Morgan fingerprint density at radius 2 is 1.81 bits per heavy atom. The lowest BCUT2D eigenvalue weighted by Gasteiger charge is -2.25. The van der Waals surface area contributed by atoms with Crippen LogP contribution in [0.5, 0.6) is 0 Å². The van der Waals surface area contributed by atoms with Gasteiger partial charge < -0.3 is 0 Å². The van der Waals surface area contributed by atoms with Crippen LogP contribution in [-0.2, 0) is 10.0 Å². The number of hydrogen-bond donors (Lipinski definition) is 1. The van der Waals surface area contributed by atoms with E-state index in [9.17, 15) is 23.3 Å². The highest BCUT2D eigenvalue weighted by Gasteiger charge is 2.26. The first-order valence-corrected chi connectivity index (χ1v) is 12.6. The molecule has 0 aliphatic carbocycles. The Hall–Kier alpha value is -2.67. The number of amides is 1. The van der Waals surface area contributed by atoms with Crippen molar-refractivity contribution in [1.29, 1.82) is 0 Å². The van der Waals surface area contributed by atoms with Crippen LogP contribution in [0.1, 0.15) is 29.6 Å². The van der Waals surface area contributed by atoms with Crippen LogP contribution < -0.4 is 5.32 Å². The summed E-state index contributed by atoms with van der Waals surface area (Å²) in [7, 11) is -3.55. The molecule has 1 aliphatic rings. The largest absolute Gasteiger partial charge is 0.298 e. The van der Waals surface area contributed by atoms with Crippen molar-refractivity contribution in [3.63, 3.8) is 0 Å². The van der Waals surface area contributed by atoms with Crippen LogP contribution in [0.3, 0.4) is 0 Å². The molecular formula is C19H18N4O5S3. The van der Waals surface area contributed by atoms with Gasteiger partial charge >= 0.3 is 0 Å². The van der Waals surface area contributed by atoms with Crippen molar-refractivity contribution >= 4 is 49.4 Å². The fourth-order valence-corrected chi connectivity index (χ4v) is 6.32. The van der Waals surface area contributed by atoms with Crippen LogP contribution in [0.25, 0.3) is 10.6 Å². The maximum atomic E-state index is 12.7. The molecule has 2 aromatic heterocycles. The smallest absolute Gasteiger partial charge is 0.280 e. The SMILES string of the molecule is O=C(Nc1nc(-c2cc([N+](=O)[O-])cs2)cs1)c1ccc(S(=O)(=O)N2CCCCC2)cc1. The molecule has 162 valence electrons. The Morgan fingerprint density at radius 1 is 1.10 bits per heavy atom. The van der Waals surface area contributed by atoms with Gasteiger partial charge in [0.1, 0.15) is 0 Å². The molecule has 1 N–H and O–H groups in total. The number of aromatic nitrogens is 1. The van der Waals surface area contributed by atoms with Crippen LogP contribution in [-0.4, -0.2) is 41.6 Å². The summed E-state index contributed by atoms with van der Waals surface area (Å²) in [6.07, 6.45) is 2.75. The second-order valence-corrected chi connectivity index (χ2v) is 10.6. The van der Waals surface area contributed by atoms with E-state index < -0.39 is 20.9 Å². The zero-order chi connectivity index (χ0) is 22.0. The number of benzene rings is 1. The van der Waals surface area contributed by atoms with Gasteiger partial charge in [0.25, 0.3) is 11.6 Å². The summed E-state index contributed by atoms with van der Waals surface area (Å²) in [4.78, 5) is 28.0. The lowest BCUT2D eigenvalue weighted by Crippen LogP contribution is -2.35. The number of thiazole rings is 1. The van der Waals surface area contributed by atoms with Crippen LogP contribution in [0.2, 0.25) is 0 Å². The van der Waals surface area contributed by atoms with Crippen molar-refractivity contribution in [1.82, 2.24) is 9.29 Å². The third kappa shape index (κ3) is 4.66. The molecule has 1 aliphatic heterocycles. The summed E-state index contributed by atoms with van der Waals surface area (Å²) in [6.45, 7) is 1.04. The third-order valence-electron chi connectivity index (χ3n) is 4.84. The van der Waals surface area contributed by atoms with E-state index in [2.05, 4.69) is 10.3 Å². The first-order chi connectivity index (χ1) is 14.8. The number of hydrogen-bond acceptors (Lipinski definition) is 8. The topological polar surface area (TPSA) is 123 Å². The molecule has 31 heavy (non-hydrogen) atoms. The molecule has 1 amide bonds. The van der Waals surface area contributed by atoms with E-state index in [1.807, 2.05) is 0 Å². The number of carbonyl (C=O) groups is 1. The molecule has 1 aromatic carbocycles. The minimum Gasteiger partial charge on any atom is -0.298 e. The molecule has 9 nitrogen and oxygen atoms in total. The molecule has 1 fully saturated rings. The summed E-state index contributed by atoms with van der Waals surface area (Å²) in [5, 5.41) is 17.0. The number of nitrogens with zero attached hydrogens (tertiary/aromatic N) is 3. The van der Waals surface area contributed by atoms with Crippen LogP contribution in [0.4, 0.5) is 10.8 Å². The number of carbonyl (C=O) groups excluding carboxylic acids is 1. The lowest BCUT2D eigenvalue weighted by atomic mass is 10.2. The molecule has 0 atom stereocenters. The number of nitrogens with one attached hydrogen (secondary N) is 1. The molecule has 3 heterocycles. The monoisotopic (exact) mass is 478 g/mol. The van der Waals surface area contributed by atoms with Crippen molar-refractivity contribution in [3.05, 3.63) is 56.8 Å². The van der Waals surface area contributed by atoms with Gasteiger partial charge in [-0.25, -0.2) is 13.4 Å². The molecule has 0 saturated carbocycles. The molecule has 0 bridgehead atoms. The van der Waals surface area contributed by atoms with Gasteiger partial charge in [-0.05, 0) is 37.1 Å². The Balaban J connectivity index is 1.44. The van der Waals surface area contributed by atoms with Gasteiger partial charge in [0, 0.05) is 30.1 Å². The average molecular weight is 479 g/mol. The van der Waals surface area contributed by atoms with Crippen molar-refractivity contribution in [2.45, 2.75) is 24.2 Å². The second-order valence-electron chi connectivity index (χ2n) is 6.91. The van der Waals surface area contributed by atoms with E-state index in [4.69, 9.17) is 0 Å². The Bertz CT molecular complexity index is 1210. The summed E-state index contributed by atoms with van der Waals surface area (Å²) in [5.74, 6) is -0.417. The number of piperidine rings is 1. The summed E-state index contributed by atoms with van der Waals surface area (Å²) in [5.41, 5.74) is 0.848. The van der Waals surface area contributed by atoms with Gasteiger partial charge in [-0.1, -0.05) is 6.42 Å². The van der Waals surface area contributed by atoms with Crippen LogP contribution in [0, 0.1) is 10.1 Å². The minimum atomic E-state index is -3.55. The quantitative estimate of drug-likeness (QED) is 0.418. The fraction of sp³-hybridized carbons (Fsp3) is 0.263. The first kappa shape index (κ1) is 21.6. The average Bonchev–Trinajstić information content (AvgIpc) is 3.44. The minimum absolute atomic E-state index is 0.00168. The Kier molecular flexibility index (Phi) is 6.14. The molecule has 3 aromatic rings. The van der Waals surface area contributed by atoms with E-state index in [0.29, 0.717) is 34.4 Å². The number of nitro groups is 1. The third-order valence-corrected chi connectivity index (χ3v) is 8.45. The molecule has 0 unspecified atom stereocenters. The van der Waals surface area contributed by atoms with E-state index in [1.165, 1.54) is 62.7 Å². The van der Waals surface area contributed by atoms with Crippen molar-refractivity contribution in [2.75, 3.05) is 18.4 Å². The summed E-state index contributed by atoms with van der Waals surface area (Å²) >= 11 is 2.41. The normalized spacial score (nSPS) is 15.0. The van der Waals surface area contributed by atoms with Gasteiger partial charge in [-0.2, -0.15) is 4.31 Å². The maximum absolute atomic E-state index is 12.7. The number of thiophene rings is 1. The van der Waals surface area contributed by atoms with Crippen molar-refractivity contribution < 1.29 is 18.1 Å². The van der Waals surface area contributed by atoms with Crippen LogP contribution in [0.15, 0.2) is 46.0 Å². The standard InChI is InChI=1S/C19H18N4O5S3/c24-18(21-19-20-16(12-30-19)17-10-14(11-29-17)23(25)26)13-4-6-15(7-5-13)31(27,28)22-8-2-1-3-9-22/h4-7,10-12H,1-3,8-9H2,(H,20,21,24). The van der Waals surface area contributed by atoms with E-state index in [1.54, 1.807) is 5.38 Å². The zero-order valence-electron chi connectivity index (χ0n) is 16.2. The predicted octanol–water partition coefficient (Wildman–Crippen LogP) is 4.21. The van der Waals surface area contributed by atoms with E-state index in [-0.39, 0.29) is 10.6 Å². The fourth-order valence-electron chi connectivity index (χ4n) is 3.20. The van der Waals surface area contributed by atoms with E-state index in [0.717, 1.165) is 19.3 Å². The number of rotatable bonds is 6. The van der Waals surface area contributed by atoms with Gasteiger partial charge in [0.05, 0.1) is 25.8 Å². The number of sulfonamides is 1. The van der Waals surface area contributed by atoms with Crippen molar-refractivity contribution in [3.8, 4) is 10.6 Å². The molecule has 1 saturated heterocycles. The first-order valence-electron chi connectivity index (χ1n) is 9.45. The summed E-state index contributed by atoms with van der Waals surface area (Å²) < 4.78 is 26.9. The highest BCUT2D eigenvalue weighted by Crippen LogP contribution is 2.33. The molecule has 0 spiro atoms.